The molecule has 1 aliphatic rings. The van der Waals surface area contributed by atoms with E-state index in [0.29, 0.717) is 30.8 Å². The molecule has 9 heteroatoms. The second-order valence-electron chi connectivity index (χ2n) is 8.49. The van der Waals surface area contributed by atoms with Crippen LogP contribution in [0.5, 0.6) is 5.75 Å². The summed E-state index contributed by atoms with van der Waals surface area (Å²) in [6, 6.07) is 4.77. The molecule has 1 saturated heterocycles. The summed E-state index contributed by atoms with van der Waals surface area (Å²) < 4.78 is 5.14. The lowest BCUT2D eigenvalue weighted by molar-refractivity contribution is -0.122. The van der Waals surface area contributed by atoms with E-state index in [0.717, 1.165) is 18.3 Å². The van der Waals surface area contributed by atoms with Crippen LogP contribution in [0.2, 0.25) is 0 Å². The fraction of sp³-hybridized carbons (Fsp3) is 0.448. The van der Waals surface area contributed by atoms with Crippen LogP contribution in [-0.4, -0.2) is 54.3 Å². The van der Waals surface area contributed by atoms with Gasteiger partial charge in [-0.25, -0.2) is 9.78 Å². The van der Waals surface area contributed by atoms with E-state index in [9.17, 15) is 14.4 Å². The van der Waals surface area contributed by atoms with E-state index >= 15 is 0 Å². The van der Waals surface area contributed by atoms with Crippen LogP contribution in [0, 0.1) is 24.7 Å². The predicted molar refractivity (Wildman–Crippen MR) is 153 cm³/mol. The van der Waals surface area contributed by atoms with E-state index < -0.39 is 17.5 Å². The molecule has 0 saturated carbocycles. The van der Waals surface area contributed by atoms with Gasteiger partial charge in [0, 0.05) is 35.9 Å². The van der Waals surface area contributed by atoms with Gasteiger partial charge in [0.25, 0.3) is 5.91 Å². The number of carbonyl (C=O) groups excluding carboxylic acids is 3. The summed E-state index contributed by atoms with van der Waals surface area (Å²) in [7, 11) is 3.42. The Morgan fingerprint density at radius 1 is 1.32 bits per heavy atom. The number of thiazole rings is 1. The third-order valence-electron chi connectivity index (χ3n) is 5.76. The molecule has 2 atom stereocenters. The molecule has 0 spiro atoms. The third kappa shape index (κ3) is 9.43. The van der Waals surface area contributed by atoms with Crippen LogP contribution in [0.25, 0.3) is 0 Å². The maximum Gasteiger partial charge on any atom is 0.323 e. The first kappa shape index (κ1) is 32.5. The summed E-state index contributed by atoms with van der Waals surface area (Å²) >= 11 is 1.74. The van der Waals surface area contributed by atoms with Gasteiger partial charge in [0.2, 0.25) is 0 Å². The molecule has 0 aliphatic carbocycles. The maximum absolute atomic E-state index is 12.3. The number of benzene rings is 1. The number of hydrogen-bond donors (Lipinski definition) is 2. The van der Waals surface area contributed by atoms with Gasteiger partial charge in [-0.2, -0.15) is 0 Å². The van der Waals surface area contributed by atoms with Crippen molar-refractivity contribution < 1.29 is 19.1 Å². The lowest BCUT2D eigenvalue weighted by Gasteiger charge is -2.24. The number of ether oxygens (including phenoxy) is 1. The Hall–Kier alpha value is -3.48. The first-order valence-corrected chi connectivity index (χ1v) is 13.5. The van der Waals surface area contributed by atoms with Gasteiger partial charge < -0.3 is 15.0 Å². The highest BCUT2D eigenvalue weighted by molar-refractivity contribution is 7.09. The van der Waals surface area contributed by atoms with Crippen LogP contribution in [0.3, 0.4) is 0 Å². The van der Waals surface area contributed by atoms with Gasteiger partial charge in [0.1, 0.15) is 5.75 Å². The smallest absolute Gasteiger partial charge is 0.323 e. The standard InChI is InChI=1S/C21H25N3O4.C6H9NS.C2H6/c1-5-15(2)8-9-21(19(26)22-20(27)23-21)10-11-24(3)13-16-6-7-18(28-4)12-17(16)14-25;1-3-6-5(2)7-4-8-6;1-2/h5-7,12,14-15H,1,10-11,13H2,2-4H3,(H2,22,23,26,27);4H,3H2,1-2H3;1-2H3. The van der Waals surface area contributed by atoms with Crippen molar-refractivity contribution in [2.24, 2.45) is 5.92 Å². The summed E-state index contributed by atoms with van der Waals surface area (Å²) in [5.41, 5.74) is 3.22. The average Bonchev–Trinajstić information content (AvgIpc) is 3.48. The van der Waals surface area contributed by atoms with Crippen molar-refractivity contribution in [1.82, 2.24) is 20.5 Å². The summed E-state index contributed by atoms with van der Waals surface area (Å²) in [5, 5.41) is 4.90. The minimum absolute atomic E-state index is 0.102. The maximum atomic E-state index is 12.3. The number of methoxy groups -OCH3 is 1. The molecule has 3 amide bonds. The van der Waals surface area contributed by atoms with E-state index in [1.54, 1.807) is 36.7 Å². The van der Waals surface area contributed by atoms with E-state index in [1.807, 2.05) is 44.3 Å². The summed E-state index contributed by atoms with van der Waals surface area (Å²) in [6.45, 7) is 14.7. The molecule has 8 nitrogen and oxygen atoms in total. The monoisotopic (exact) mass is 540 g/mol. The second-order valence-corrected chi connectivity index (χ2v) is 9.43. The lowest BCUT2D eigenvalue weighted by atomic mass is 9.94. The number of urea groups is 1. The molecule has 1 fully saturated rings. The van der Waals surface area contributed by atoms with E-state index in [2.05, 4.69) is 47.9 Å². The molecule has 2 heterocycles. The summed E-state index contributed by atoms with van der Waals surface area (Å²) in [4.78, 5) is 42.8. The normalized spacial score (nSPS) is 16.4. The molecule has 38 heavy (non-hydrogen) atoms. The van der Waals surface area contributed by atoms with Gasteiger partial charge in [0.15, 0.2) is 11.8 Å². The molecule has 206 valence electrons. The van der Waals surface area contributed by atoms with E-state index in [-0.39, 0.29) is 5.92 Å². The van der Waals surface area contributed by atoms with Gasteiger partial charge >= 0.3 is 6.03 Å². The van der Waals surface area contributed by atoms with Crippen LogP contribution >= 0.6 is 11.3 Å². The minimum Gasteiger partial charge on any atom is -0.497 e. The molecule has 2 aromatic rings. The number of allylic oxidation sites excluding steroid dienone is 1. The molecule has 3 rings (SSSR count). The Balaban J connectivity index is 0.000000607. The van der Waals surface area contributed by atoms with E-state index in [4.69, 9.17) is 4.74 Å². The zero-order chi connectivity index (χ0) is 28.7. The number of aromatic nitrogens is 1. The van der Waals surface area contributed by atoms with Gasteiger partial charge in [-0.05, 0) is 45.0 Å². The van der Waals surface area contributed by atoms with Crippen molar-refractivity contribution in [3.63, 3.8) is 0 Å². The van der Waals surface area contributed by atoms with Crippen LogP contribution in [0.1, 0.15) is 60.6 Å². The summed E-state index contributed by atoms with van der Waals surface area (Å²) in [5.74, 6) is 5.93. The summed E-state index contributed by atoms with van der Waals surface area (Å²) in [6.07, 6.45) is 3.90. The molecular weight excluding hydrogens is 500 g/mol. The van der Waals surface area contributed by atoms with Gasteiger partial charge in [-0.1, -0.05) is 44.8 Å². The molecule has 1 aliphatic heterocycles. The molecule has 0 radical (unpaired) electrons. The Kier molecular flexibility index (Phi) is 14.0. The largest absolute Gasteiger partial charge is 0.497 e. The molecular formula is C29H40N4O4S. The van der Waals surface area contributed by atoms with Gasteiger partial charge in [-0.15, -0.1) is 17.9 Å². The van der Waals surface area contributed by atoms with Crippen molar-refractivity contribution in [2.75, 3.05) is 20.7 Å². The van der Waals surface area contributed by atoms with Crippen molar-refractivity contribution in [3.05, 3.63) is 58.1 Å². The van der Waals surface area contributed by atoms with Crippen molar-refractivity contribution in [3.8, 4) is 17.6 Å². The number of aryl methyl sites for hydroxylation is 2. The number of imide groups is 1. The highest BCUT2D eigenvalue weighted by Gasteiger charge is 2.44. The Morgan fingerprint density at radius 2 is 2.03 bits per heavy atom. The van der Waals surface area contributed by atoms with Crippen LogP contribution in [0.4, 0.5) is 4.79 Å². The SMILES string of the molecule is C=CC(C)C#CC1(CCN(C)Cc2ccc(OC)cc2C=O)NC(=O)NC1=O.CC.CCc1scnc1C. The quantitative estimate of drug-likeness (QED) is 0.206. The Morgan fingerprint density at radius 3 is 2.50 bits per heavy atom. The zero-order valence-electron chi connectivity index (χ0n) is 23.5. The number of amides is 3. The van der Waals surface area contributed by atoms with Crippen molar-refractivity contribution in [1.29, 1.82) is 0 Å². The minimum atomic E-state index is -1.27. The number of hydrogen-bond acceptors (Lipinski definition) is 7. The van der Waals surface area contributed by atoms with Crippen molar-refractivity contribution >= 4 is 29.6 Å². The number of aldehydes is 1. The zero-order valence-corrected chi connectivity index (χ0v) is 24.3. The molecule has 0 bridgehead atoms. The van der Waals surface area contributed by atoms with Crippen LogP contribution < -0.4 is 15.4 Å². The van der Waals surface area contributed by atoms with E-state index in [1.165, 1.54) is 10.6 Å². The number of nitrogens with zero attached hydrogens (tertiary/aromatic N) is 2. The fourth-order valence-corrected chi connectivity index (χ4v) is 4.19. The highest BCUT2D eigenvalue weighted by atomic mass is 32.1. The number of rotatable bonds is 9. The molecule has 1 aromatic heterocycles. The topological polar surface area (TPSA) is 101 Å². The first-order valence-electron chi connectivity index (χ1n) is 12.7. The van der Waals surface area contributed by atoms with Crippen LogP contribution in [0.15, 0.2) is 36.4 Å². The average molecular weight is 541 g/mol. The van der Waals surface area contributed by atoms with Crippen molar-refractivity contribution in [2.45, 2.75) is 59.5 Å². The molecule has 2 N–H and O–H groups in total. The highest BCUT2D eigenvalue weighted by Crippen LogP contribution is 2.20. The van der Waals surface area contributed by atoms with Gasteiger partial charge in [-0.3, -0.25) is 14.9 Å². The van der Waals surface area contributed by atoms with Gasteiger partial charge in [0.05, 0.1) is 18.3 Å². The predicted octanol–water partition coefficient (Wildman–Crippen LogP) is 4.77. The molecule has 1 aromatic carbocycles. The molecule has 2 unspecified atom stereocenters. The number of nitrogens with one attached hydrogen (secondary N) is 2. The lowest BCUT2D eigenvalue weighted by Crippen LogP contribution is -2.47. The first-order chi connectivity index (χ1) is 18.2. The Bertz CT molecular complexity index is 1150. The Labute approximate surface area is 230 Å². The number of carbonyl (C=O) groups is 3. The van der Waals surface area contributed by atoms with Crippen LogP contribution in [-0.2, 0) is 17.8 Å². The fourth-order valence-electron chi connectivity index (χ4n) is 3.46. The second kappa shape index (κ2) is 16.4. The third-order valence-corrected chi connectivity index (χ3v) is 6.84.